The lowest BCUT2D eigenvalue weighted by Gasteiger charge is -2.04. The smallest absolute Gasteiger partial charge is 0.102 e. The number of nitrogens with zero attached hydrogens (tertiary/aromatic N) is 2. The Balaban J connectivity index is 2.30. The lowest BCUT2D eigenvalue weighted by molar-refractivity contribution is 1.11. The summed E-state index contributed by atoms with van der Waals surface area (Å²) in [5.41, 5.74) is 1.88. The van der Waals surface area contributed by atoms with Crippen LogP contribution in [-0.2, 0) is 0 Å². The molecule has 0 aliphatic rings. The van der Waals surface area contributed by atoms with Crippen LogP contribution in [0.2, 0.25) is 0 Å². The molecular weight excluding hydrogens is 308 g/mol. The molecule has 0 fully saturated rings. The Bertz CT molecular complexity index is 492. The van der Waals surface area contributed by atoms with Crippen molar-refractivity contribution in [2.24, 2.45) is 0 Å². The molecule has 0 aromatic carbocycles. The van der Waals surface area contributed by atoms with Crippen LogP contribution >= 0.6 is 39.3 Å². The molecule has 2 aromatic rings. The number of fused-ring (bicyclic) bond motifs is 1. The highest BCUT2D eigenvalue weighted by molar-refractivity contribution is 9.10. The summed E-state index contributed by atoms with van der Waals surface area (Å²) < 4.78 is 0.954. The minimum Gasteiger partial charge on any atom is -0.254 e. The predicted octanol–water partition coefficient (Wildman–Crippen LogP) is 4.11. The van der Waals surface area contributed by atoms with Crippen LogP contribution in [0.4, 0.5) is 0 Å². The monoisotopic (exact) mass is 316 g/mol. The van der Waals surface area contributed by atoms with Gasteiger partial charge in [0, 0.05) is 27.6 Å². The first-order valence-corrected chi connectivity index (χ1v) is 7.21. The van der Waals surface area contributed by atoms with Crippen LogP contribution in [0.5, 0.6) is 0 Å². The van der Waals surface area contributed by atoms with Gasteiger partial charge in [0.15, 0.2) is 0 Å². The van der Waals surface area contributed by atoms with Crippen molar-refractivity contribution >= 4 is 50.3 Å². The summed E-state index contributed by atoms with van der Waals surface area (Å²) in [5, 5.41) is 0. The van der Waals surface area contributed by atoms with Crippen LogP contribution in [-0.4, -0.2) is 21.6 Å². The van der Waals surface area contributed by atoms with Gasteiger partial charge in [0.25, 0.3) is 0 Å². The molecule has 0 unspecified atom stereocenters. The summed E-state index contributed by atoms with van der Waals surface area (Å²) in [6.45, 7) is 0. The quantitative estimate of drug-likeness (QED) is 0.482. The van der Waals surface area contributed by atoms with Crippen molar-refractivity contribution in [3.8, 4) is 0 Å². The van der Waals surface area contributed by atoms with E-state index >= 15 is 0 Å². The van der Waals surface area contributed by atoms with Crippen LogP contribution in [0, 0.1) is 0 Å². The SMILES string of the molecule is ClCCCSc1ccnc2cc(Br)cnc12. The second kappa shape index (κ2) is 5.84. The van der Waals surface area contributed by atoms with Crippen molar-refractivity contribution in [3.05, 3.63) is 29.0 Å². The van der Waals surface area contributed by atoms with Crippen LogP contribution in [0.15, 0.2) is 33.9 Å². The van der Waals surface area contributed by atoms with E-state index in [4.69, 9.17) is 11.6 Å². The fourth-order valence-electron chi connectivity index (χ4n) is 1.33. The number of halogens is 2. The molecule has 2 rings (SSSR count). The molecule has 0 aliphatic heterocycles. The fraction of sp³-hybridized carbons (Fsp3) is 0.273. The van der Waals surface area contributed by atoms with Gasteiger partial charge in [0.1, 0.15) is 5.52 Å². The minimum absolute atomic E-state index is 0.703. The van der Waals surface area contributed by atoms with Gasteiger partial charge in [0.05, 0.1) is 5.52 Å². The molecule has 2 heterocycles. The summed E-state index contributed by atoms with van der Waals surface area (Å²) in [6, 6.07) is 3.98. The highest BCUT2D eigenvalue weighted by atomic mass is 79.9. The van der Waals surface area contributed by atoms with E-state index < -0.39 is 0 Å². The summed E-state index contributed by atoms with van der Waals surface area (Å²) >= 11 is 10.8. The number of hydrogen-bond acceptors (Lipinski definition) is 3. The number of rotatable bonds is 4. The lowest BCUT2D eigenvalue weighted by atomic mass is 10.3. The fourth-order valence-corrected chi connectivity index (χ4v) is 2.91. The number of pyridine rings is 2. The third kappa shape index (κ3) is 2.87. The van der Waals surface area contributed by atoms with E-state index in [1.54, 1.807) is 18.0 Å². The van der Waals surface area contributed by atoms with Gasteiger partial charge < -0.3 is 0 Å². The van der Waals surface area contributed by atoms with Gasteiger partial charge in [-0.15, -0.1) is 23.4 Å². The molecule has 0 radical (unpaired) electrons. The molecule has 0 spiro atoms. The molecule has 16 heavy (non-hydrogen) atoms. The van der Waals surface area contributed by atoms with Crippen LogP contribution in [0.1, 0.15) is 6.42 Å². The molecule has 0 saturated heterocycles. The zero-order valence-corrected chi connectivity index (χ0v) is 11.6. The van der Waals surface area contributed by atoms with E-state index in [0.29, 0.717) is 5.88 Å². The summed E-state index contributed by atoms with van der Waals surface area (Å²) in [7, 11) is 0. The largest absolute Gasteiger partial charge is 0.254 e. The van der Waals surface area contributed by atoms with E-state index in [1.807, 2.05) is 18.3 Å². The standard InChI is InChI=1S/C11H10BrClN2S/c12-8-6-9-11(15-7-8)10(2-4-14-9)16-5-1-3-13/h2,4,6-7H,1,3,5H2. The van der Waals surface area contributed by atoms with Gasteiger partial charge in [-0.2, -0.15) is 0 Å². The summed E-state index contributed by atoms with van der Waals surface area (Å²) in [4.78, 5) is 9.86. The van der Waals surface area contributed by atoms with Crippen molar-refractivity contribution in [1.82, 2.24) is 9.97 Å². The second-order valence-electron chi connectivity index (χ2n) is 3.22. The van der Waals surface area contributed by atoms with Crippen molar-refractivity contribution in [3.63, 3.8) is 0 Å². The Kier molecular flexibility index (Phi) is 4.44. The zero-order valence-electron chi connectivity index (χ0n) is 8.49. The molecule has 84 valence electrons. The molecule has 0 amide bonds. The van der Waals surface area contributed by atoms with Crippen LogP contribution in [0.25, 0.3) is 11.0 Å². The van der Waals surface area contributed by atoms with Crippen LogP contribution < -0.4 is 0 Å². The Morgan fingerprint density at radius 3 is 3.06 bits per heavy atom. The van der Waals surface area contributed by atoms with Gasteiger partial charge in [0.2, 0.25) is 0 Å². The van der Waals surface area contributed by atoms with Gasteiger partial charge in [-0.3, -0.25) is 9.97 Å². The number of alkyl halides is 1. The molecule has 0 aliphatic carbocycles. The van der Waals surface area contributed by atoms with Gasteiger partial charge in [-0.25, -0.2) is 0 Å². The maximum atomic E-state index is 5.66. The molecule has 2 nitrogen and oxygen atoms in total. The Morgan fingerprint density at radius 2 is 2.25 bits per heavy atom. The Hall–Kier alpha value is -0.320. The molecule has 0 bridgehead atoms. The molecular formula is C11H10BrClN2S. The maximum Gasteiger partial charge on any atom is 0.102 e. The average Bonchev–Trinajstić information content (AvgIpc) is 2.29. The lowest BCUT2D eigenvalue weighted by Crippen LogP contribution is -1.87. The van der Waals surface area contributed by atoms with Crippen LogP contribution in [0.3, 0.4) is 0 Å². The molecule has 0 N–H and O–H groups in total. The third-order valence-electron chi connectivity index (χ3n) is 2.04. The van der Waals surface area contributed by atoms with Crippen molar-refractivity contribution < 1.29 is 0 Å². The number of aromatic nitrogens is 2. The van der Waals surface area contributed by atoms with E-state index in [0.717, 1.165) is 27.7 Å². The van der Waals surface area contributed by atoms with Crippen molar-refractivity contribution in [1.29, 1.82) is 0 Å². The molecule has 2 aromatic heterocycles. The van der Waals surface area contributed by atoms with Gasteiger partial charge >= 0.3 is 0 Å². The number of thioether (sulfide) groups is 1. The summed E-state index contributed by atoms with van der Waals surface area (Å²) in [5.74, 6) is 1.72. The van der Waals surface area contributed by atoms with Crippen molar-refractivity contribution in [2.45, 2.75) is 11.3 Å². The van der Waals surface area contributed by atoms with E-state index in [-0.39, 0.29) is 0 Å². The van der Waals surface area contributed by atoms with E-state index in [2.05, 4.69) is 25.9 Å². The van der Waals surface area contributed by atoms with Crippen molar-refractivity contribution in [2.75, 3.05) is 11.6 Å². The predicted molar refractivity (Wildman–Crippen MR) is 73.3 cm³/mol. The first-order valence-electron chi connectivity index (χ1n) is 4.90. The number of hydrogen-bond donors (Lipinski definition) is 0. The highest BCUT2D eigenvalue weighted by Crippen LogP contribution is 2.26. The molecule has 5 heteroatoms. The zero-order chi connectivity index (χ0) is 11.4. The van der Waals surface area contributed by atoms with E-state index in [1.165, 1.54) is 4.90 Å². The minimum atomic E-state index is 0.703. The van der Waals surface area contributed by atoms with Gasteiger partial charge in [-0.1, -0.05) is 0 Å². The summed E-state index contributed by atoms with van der Waals surface area (Å²) in [6.07, 6.45) is 4.63. The first kappa shape index (κ1) is 12.1. The topological polar surface area (TPSA) is 25.8 Å². The Morgan fingerprint density at radius 1 is 1.38 bits per heavy atom. The van der Waals surface area contributed by atoms with Gasteiger partial charge in [-0.05, 0) is 40.2 Å². The Labute approximate surface area is 112 Å². The molecule has 0 saturated carbocycles. The second-order valence-corrected chi connectivity index (χ2v) is 5.65. The molecule has 0 atom stereocenters. The maximum absolute atomic E-state index is 5.66. The normalized spacial score (nSPS) is 10.9. The van der Waals surface area contributed by atoms with E-state index in [9.17, 15) is 0 Å². The average molecular weight is 318 g/mol. The third-order valence-corrected chi connectivity index (χ3v) is 3.88. The highest BCUT2D eigenvalue weighted by Gasteiger charge is 2.04. The first-order chi connectivity index (χ1) is 7.81.